The molecule has 0 saturated carbocycles. The number of nitrogens with zero attached hydrogens (tertiary/aromatic N) is 7. The number of hydrogen-bond donors (Lipinski definition) is 0. The zero-order valence-corrected chi connectivity index (χ0v) is 29.4. The summed E-state index contributed by atoms with van der Waals surface area (Å²) in [7, 11) is 0. The number of fused-ring (bicyclic) bond motifs is 7. The smallest absolute Gasteiger partial charge is 0.419 e. The molecule has 0 radical (unpaired) electrons. The number of thiophene rings is 6. The lowest BCUT2D eigenvalue weighted by atomic mass is 10.2. The van der Waals surface area contributed by atoms with Gasteiger partial charge in [-0.3, -0.25) is 0 Å². The van der Waals surface area contributed by atoms with Crippen LogP contribution in [0.3, 0.4) is 0 Å². The van der Waals surface area contributed by atoms with Crippen LogP contribution < -0.4 is 0 Å². The molecule has 0 unspecified atom stereocenters. The summed E-state index contributed by atoms with van der Waals surface area (Å²) >= 11 is 9.22. The minimum atomic E-state index is -0.463. The Labute approximate surface area is 300 Å². The topological polar surface area (TPSA) is 151 Å². The third-order valence-corrected chi connectivity index (χ3v) is 14.6. The number of aromatic nitrogens is 1. The zero-order chi connectivity index (χ0) is 33.6. The van der Waals surface area contributed by atoms with E-state index >= 15 is 0 Å². The molecule has 0 aliphatic carbocycles. The lowest BCUT2D eigenvalue weighted by Gasteiger charge is -2.07. The maximum absolute atomic E-state index is 14.1. The molecule has 0 amide bonds. The van der Waals surface area contributed by atoms with Crippen molar-refractivity contribution in [1.29, 1.82) is 21.0 Å². The molecule has 0 atom stereocenters. The highest BCUT2D eigenvalue weighted by atomic mass is 32.1. The van der Waals surface area contributed by atoms with E-state index in [-0.39, 0.29) is 18.0 Å². The second kappa shape index (κ2) is 12.5. The van der Waals surface area contributed by atoms with Crippen molar-refractivity contribution in [3.8, 4) is 43.8 Å². The molecule has 0 bridgehead atoms. The number of hydrogen-bond acceptors (Lipinski definition) is 14. The predicted molar refractivity (Wildman–Crippen MR) is 201 cm³/mol. The van der Waals surface area contributed by atoms with Gasteiger partial charge >= 0.3 is 6.09 Å². The molecule has 8 rings (SSSR count). The van der Waals surface area contributed by atoms with E-state index in [2.05, 4.69) is 22.1 Å². The summed E-state index contributed by atoms with van der Waals surface area (Å²) in [5, 5.41) is 37.6. The molecule has 15 heteroatoms. The molecule has 1 aromatic carbocycles. The summed E-state index contributed by atoms with van der Waals surface area (Å²) in [6.07, 6.45) is -0.463. The third kappa shape index (κ3) is 5.41. The van der Waals surface area contributed by atoms with E-state index in [1.807, 2.05) is 42.5 Å². The van der Waals surface area contributed by atoms with E-state index in [1.54, 1.807) is 86.3 Å². The highest BCUT2D eigenvalue weighted by Crippen LogP contribution is 2.53. The zero-order valence-electron chi connectivity index (χ0n) is 24.5. The number of nitriles is 4. The van der Waals surface area contributed by atoms with Crippen LogP contribution in [0.15, 0.2) is 76.7 Å². The average molecular weight is 744 g/mol. The van der Waals surface area contributed by atoms with E-state index < -0.39 is 6.09 Å². The second-order valence-corrected chi connectivity index (χ2v) is 16.5. The fourth-order valence-corrected chi connectivity index (χ4v) is 12.5. The van der Waals surface area contributed by atoms with Crippen molar-refractivity contribution in [2.24, 2.45) is 9.98 Å². The lowest BCUT2D eigenvalue weighted by Crippen LogP contribution is -2.13. The van der Waals surface area contributed by atoms with Crippen LogP contribution in [0.2, 0.25) is 0 Å². The largest absolute Gasteiger partial charge is 0.444 e. The van der Waals surface area contributed by atoms with Crippen LogP contribution >= 0.6 is 68.0 Å². The van der Waals surface area contributed by atoms with Crippen molar-refractivity contribution >= 4 is 135 Å². The van der Waals surface area contributed by atoms with Crippen molar-refractivity contribution in [1.82, 2.24) is 4.57 Å². The molecule has 0 aliphatic heterocycles. The standard InChI is InChI=1S/C34H13N7O2S6/c35-12-18(13-36)39-26-8-6-20(44-26)22-10-24-30(46-22)28-32(48-24)33-29(41(28)34(42)43-16-17-4-2-1-3-5-17)31-25(49-33)11-23(47-31)21-7-9-27(45-21)40-19(14-37)15-38/h1-11H,16H2. The van der Waals surface area contributed by atoms with Crippen LogP contribution in [0.5, 0.6) is 0 Å². The highest BCUT2D eigenvalue weighted by molar-refractivity contribution is 7.40. The fourth-order valence-electron chi connectivity index (χ4n) is 5.20. The maximum atomic E-state index is 14.1. The van der Waals surface area contributed by atoms with E-state index in [9.17, 15) is 4.79 Å². The van der Waals surface area contributed by atoms with Crippen molar-refractivity contribution < 1.29 is 9.53 Å². The number of rotatable bonds is 6. The van der Waals surface area contributed by atoms with E-state index in [1.165, 1.54) is 22.7 Å². The molecule has 0 aliphatic rings. The van der Waals surface area contributed by atoms with E-state index in [4.69, 9.17) is 25.8 Å². The van der Waals surface area contributed by atoms with Crippen LogP contribution in [-0.4, -0.2) is 22.1 Å². The van der Waals surface area contributed by atoms with Crippen LogP contribution in [0.25, 0.3) is 58.7 Å². The molecular weight excluding hydrogens is 731 g/mol. The molecule has 232 valence electrons. The van der Waals surface area contributed by atoms with Gasteiger partial charge in [-0.15, -0.1) is 68.0 Å². The predicted octanol–water partition coefficient (Wildman–Crippen LogP) is 11.2. The van der Waals surface area contributed by atoms with E-state index in [0.717, 1.165) is 64.3 Å². The molecular formula is C34H13N7O2S6. The molecule has 49 heavy (non-hydrogen) atoms. The SMILES string of the molecule is N#CC(C#N)=Nc1ccc(-c2cc3sc4c5sc6cc(-c7ccc(N=C(C#N)C#N)s7)sc6c5n(C(=O)OCc5ccccc5)c4c3s2)s1. The molecule has 0 spiro atoms. The Kier molecular flexibility index (Phi) is 7.87. The van der Waals surface area contributed by atoms with Gasteiger partial charge < -0.3 is 4.74 Å². The van der Waals surface area contributed by atoms with Crippen molar-refractivity contribution in [2.75, 3.05) is 0 Å². The molecule has 9 nitrogen and oxygen atoms in total. The number of carbonyl (C=O) groups excluding carboxylic acids is 1. The van der Waals surface area contributed by atoms with Crippen molar-refractivity contribution in [2.45, 2.75) is 6.61 Å². The Hall–Kier alpha value is -5.49. The third-order valence-electron chi connectivity index (χ3n) is 7.26. The van der Waals surface area contributed by atoms with Gasteiger partial charge in [0.15, 0.2) is 0 Å². The normalized spacial score (nSPS) is 10.9. The molecule has 0 fully saturated rings. The lowest BCUT2D eigenvalue weighted by molar-refractivity contribution is 0.143. The Bertz CT molecular complexity index is 2660. The monoisotopic (exact) mass is 743 g/mol. The summed E-state index contributed by atoms with van der Waals surface area (Å²) in [5.74, 6) is 0. The van der Waals surface area contributed by atoms with Crippen LogP contribution in [0.4, 0.5) is 14.8 Å². The first-order valence-corrected chi connectivity index (χ1v) is 19.0. The maximum Gasteiger partial charge on any atom is 0.419 e. The minimum absolute atomic E-state index is 0.129. The molecule has 0 saturated heterocycles. The quantitative estimate of drug-likeness (QED) is 0.155. The first-order valence-electron chi connectivity index (χ1n) is 14.1. The van der Waals surface area contributed by atoms with Crippen LogP contribution in [0, 0.1) is 45.3 Å². The second-order valence-electron chi connectivity index (χ2n) is 10.2. The Balaban J connectivity index is 1.26. The van der Waals surface area contributed by atoms with Gasteiger partial charge in [0.25, 0.3) is 0 Å². The number of benzene rings is 1. The summed E-state index contributed by atoms with van der Waals surface area (Å²) in [6, 6.07) is 28.4. The number of carbonyl (C=O) groups is 1. The summed E-state index contributed by atoms with van der Waals surface area (Å²) in [6.45, 7) is 0.129. The Morgan fingerprint density at radius 3 is 1.57 bits per heavy atom. The Morgan fingerprint density at radius 2 is 1.10 bits per heavy atom. The summed E-state index contributed by atoms with van der Waals surface area (Å²) in [5.41, 5.74) is 2.12. The van der Waals surface area contributed by atoms with Crippen molar-refractivity contribution in [3.63, 3.8) is 0 Å². The first kappa shape index (κ1) is 30.8. The van der Waals surface area contributed by atoms with Gasteiger partial charge in [-0.05, 0) is 42.0 Å². The van der Waals surface area contributed by atoms with Gasteiger partial charge in [-0.25, -0.2) is 19.3 Å². The van der Waals surface area contributed by atoms with Crippen molar-refractivity contribution in [3.05, 3.63) is 72.3 Å². The molecule has 7 heterocycles. The van der Waals surface area contributed by atoms with Gasteiger partial charge in [-0.1, -0.05) is 30.3 Å². The van der Waals surface area contributed by atoms with Gasteiger partial charge in [0.2, 0.25) is 11.4 Å². The number of aliphatic imine (C=N–C) groups is 2. The van der Waals surface area contributed by atoms with Gasteiger partial charge in [0.05, 0.1) is 29.8 Å². The summed E-state index contributed by atoms with van der Waals surface area (Å²) < 4.78 is 13.7. The van der Waals surface area contributed by atoms with Crippen LogP contribution in [-0.2, 0) is 11.3 Å². The van der Waals surface area contributed by atoms with Gasteiger partial charge in [0, 0.05) is 28.9 Å². The Morgan fingerprint density at radius 1 is 0.612 bits per heavy atom. The molecule has 7 aromatic heterocycles. The first-order chi connectivity index (χ1) is 24.0. The molecule has 8 aromatic rings. The average Bonchev–Trinajstić information content (AvgIpc) is 3.97. The van der Waals surface area contributed by atoms with Crippen LogP contribution in [0.1, 0.15) is 5.56 Å². The summed E-state index contributed by atoms with van der Waals surface area (Å²) in [4.78, 5) is 26.3. The highest BCUT2D eigenvalue weighted by Gasteiger charge is 2.28. The number of ether oxygens (including phenoxy) is 1. The van der Waals surface area contributed by atoms with E-state index in [0.29, 0.717) is 10.0 Å². The van der Waals surface area contributed by atoms with Gasteiger partial charge in [0.1, 0.15) is 40.9 Å². The molecule has 0 N–H and O–H groups in total. The minimum Gasteiger partial charge on any atom is -0.444 e. The fraction of sp³-hybridized carbons (Fsp3) is 0.0294. The van der Waals surface area contributed by atoms with Gasteiger partial charge in [-0.2, -0.15) is 21.0 Å².